The molecular formula is C7H6N4O2S. The van der Waals surface area contributed by atoms with Gasteiger partial charge in [0.1, 0.15) is 0 Å². The van der Waals surface area contributed by atoms with E-state index in [1.54, 1.807) is 0 Å². The molecule has 0 aliphatic carbocycles. The first-order valence-electron chi connectivity index (χ1n) is 3.76. The van der Waals surface area contributed by atoms with Gasteiger partial charge in [0, 0.05) is 6.07 Å². The molecule has 2 N–H and O–H groups in total. The molecule has 0 aliphatic heterocycles. The standard InChI is InChI=1S/C7H6N4O2S/c1-3-9-7-5(14-3)2-4(11(12)13)6(8)10-7/h2H,1H3,(H2,8,10). The summed E-state index contributed by atoms with van der Waals surface area (Å²) < 4.78 is 0.684. The molecule has 0 radical (unpaired) electrons. The van der Waals surface area contributed by atoms with Crippen LogP contribution in [0.4, 0.5) is 11.5 Å². The van der Waals surface area contributed by atoms with Crippen LogP contribution in [0.1, 0.15) is 5.01 Å². The molecule has 0 atom stereocenters. The van der Waals surface area contributed by atoms with E-state index < -0.39 is 4.92 Å². The zero-order chi connectivity index (χ0) is 10.3. The molecule has 0 fully saturated rings. The number of nitro groups is 1. The Morgan fingerprint density at radius 3 is 2.93 bits per heavy atom. The van der Waals surface area contributed by atoms with Gasteiger partial charge in [-0.1, -0.05) is 0 Å². The summed E-state index contributed by atoms with van der Waals surface area (Å²) in [6.45, 7) is 1.81. The molecule has 0 unspecified atom stereocenters. The Morgan fingerprint density at radius 2 is 2.29 bits per heavy atom. The number of anilines is 1. The topological polar surface area (TPSA) is 94.9 Å². The zero-order valence-corrected chi connectivity index (χ0v) is 8.04. The van der Waals surface area contributed by atoms with Gasteiger partial charge in [-0.15, -0.1) is 11.3 Å². The third-order valence-corrected chi connectivity index (χ3v) is 2.60. The van der Waals surface area contributed by atoms with Crippen LogP contribution in [0, 0.1) is 17.0 Å². The zero-order valence-electron chi connectivity index (χ0n) is 7.22. The van der Waals surface area contributed by atoms with E-state index >= 15 is 0 Å². The Morgan fingerprint density at radius 1 is 1.57 bits per heavy atom. The molecule has 0 saturated carbocycles. The maximum atomic E-state index is 10.5. The Hall–Kier alpha value is -1.76. The molecular weight excluding hydrogens is 204 g/mol. The van der Waals surface area contributed by atoms with Crippen molar-refractivity contribution in [2.24, 2.45) is 0 Å². The number of fused-ring (bicyclic) bond motifs is 1. The molecule has 7 heteroatoms. The molecule has 2 heterocycles. The summed E-state index contributed by atoms with van der Waals surface area (Å²) in [6.07, 6.45) is 0. The van der Waals surface area contributed by atoms with Crippen molar-refractivity contribution in [3.8, 4) is 0 Å². The number of nitrogens with two attached hydrogens (primary N) is 1. The van der Waals surface area contributed by atoms with Gasteiger partial charge in [-0.05, 0) is 6.92 Å². The van der Waals surface area contributed by atoms with Gasteiger partial charge in [0.05, 0.1) is 14.6 Å². The number of aryl methyl sites for hydroxylation is 1. The maximum Gasteiger partial charge on any atom is 0.312 e. The fourth-order valence-electron chi connectivity index (χ4n) is 1.12. The fraction of sp³-hybridized carbons (Fsp3) is 0.143. The van der Waals surface area contributed by atoms with Crippen molar-refractivity contribution in [3.05, 3.63) is 21.2 Å². The molecule has 2 rings (SSSR count). The summed E-state index contributed by atoms with van der Waals surface area (Å²) in [4.78, 5) is 17.9. The van der Waals surface area contributed by atoms with Crippen LogP contribution in [0.15, 0.2) is 6.07 Å². The fourth-order valence-corrected chi connectivity index (χ4v) is 1.93. The number of nitrogen functional groups attached to an aromatic ring is 1. The summed E-state index contributed by atoms with van der Waals surface area (Å²) >= 11 is 1.36. The van der Waals surface area contributed by atoms with Gasteiger partial charge in [0.25, 0.3) is 0 Å². The average Bonchev–Trinajstić information content (AvgIpc) is 2.42. The predicted molar refractivity (Wildman–Crippen MR) is 53.2 cm³/mol. The van der Waals surface area contributed by atoms with Gasteiger partial charge >= 0.3 is 5.69 Å². The second-order valence-corrected chi connectivity index (χ2v) is 3.94. The first-order valence-corrected chi connectivity index (χ1v) is 4.57. The highest BCUT2D eigenvalue weighted by Gasteiger charge is 2.15. The number of pyridine rings is 1. The van der Waals surface area contributed by atoms with Crippen LogP contribution in [0.3, 0.4) is 0 Å². The number of hydrogen-bond donors (Lipinski definition) is 1. The molecule has 2 aromatic rings. The maximum absolute atomic E-state index is 10.5. The Labute approximate surface area is 82.6 Å². The van der Waals surface area contributed by atoms with Gasteiger partial charge < -0.3 is 5.73 Å². The highest BCUT2D eigenvalue weighted by Crippen LogP contribution is 2.27. The van der Waals surface area contributed by atoms with E-state index in [9.17, 15) is 10.1 Å². The first-order chi connectivity index (χ1) is 6.58. The van der Waals surface area contributed by atoms with Gasteiger partial charge in [-0.2, -0.15) is 0 Å². The average molecular weight is 210 g/mol. The van der Waals surface area contributed by atoms with E-state index in [2.05, 4.69) is 9.97 Å². The minimum atomic E-state index is -0.545. The van der Waals surface area contributed by atoms with E-state index in [1.165, 1.54) is 17.4 Å². The SMILES string of the molecule is Cc1nc2nc(N)c([N+](=O)[O-])cc2s1. The third kappa shape index (κ3) is 1.27. The molecule has 14 heavy (non-hydrogen) atoms. The normalized spacial score (nSPS) is 10.6. The van der Waals surface area contributed by atoms with Crippen LogP contribution in [0.25, 0.3) is 10.3 Å². The molecule has 6 nitrogen and oxygen atoms in total. The summed E-state index contributed by atoms with van der Waals surface area (Å²) in [5.74, 6) is -0.0900. The Kier molecular flexibility index (Phi) is 1.81. The number of hydrogen-bond acceptors (Lipinski definition) is 6. The second kappa shape index (κ2) is 2.88. The number of rotatable bonds is 1. The van der Waals surface area contributed by atoms with Gasteiger partial charge in [-0.25, -0.2) is 9.97 Å². The van der Waals surface area contributed by atoms with Crippen molar-refractivity contribution in [2.75, 3.05) is 5.73 Å². The third-order valence-electron chi connectivity index (χ3n) is 1.69. The number of nitrogens with zero attached hydrogens (tertiary/aromatic N) is 3. The second-order valence-electron chi connectivity index (χ2n) is 2.70. The van der Waals surface area contributed by atoms with E-state index in [0.29, 0.717) is 10.3 Å². The van der Waals surface area contributed by atoms with E-state index in [1.807, 2.05) is 6.92 Å². The van der Waals surface area contributed by atoms with Crippen LogP contribution in [-0.2, 0) is 0 Å². The minimum absolute atomic E-state index is 0.0900. The summed E-state index contributed by atoms with van der Waals surface area (Å²) in [6, 6.07) is 1.41. The van der Waals surface area contributed by atoms with Gasteiger partial charge in [-0.3, -0.25) is 10.1 Å². The predicted octanol–water partition coefficient (Wildman–Crippen LogP) is 1.49. The van der Waals surface area contributed by atoms with Gasteiger partial charge in [0.15, 0.2) is 5.65 Å². The van der Waals surface area contributed by atoms with Crippen molar-refractivity contribution in [1.82, 2.24) is 9.97 Å². The molecule has 0 aliphatic rings. The monoisotopic (exact) mass is 210 g/mol. The van der Waals surface area contributed by atoms with Crippen LogP contribution < -0.4 is 5.73 Å². The van der Waals surface area contributed by atoms with Crippen molar-refractivity contribution >= 4 is 33.2 Å². The highest BCUT2D eigenvalue weighted by molar-refractivity contribution is 7.18. The summed E-state index contributed by atoms with van der Waals surface area (Å²) in [5, 5.41) is 11.4. The lowest BCUT2D eigenvalue weighted by Crippen LogP contribution is -1.98. The lowest BCUT2D eigenvalue weighted by atomic mass is 10.4. The quantitative estimate of drug-likeness (QED) is 0.568. The van der Waals surface area contributed by atoms with E-state index in [4.69, 9.17) is 5.73 Å². The smallest absolute Gasteiger partial charge is 0.312 e. The van der Waals surface area contributed by atoms with Crippen LogP contribution in [0.5, 0.6) is 0 Å². The number of aromatic nitrogens is 2. The van der Waals surface area contributed by atoms with Crippen LogP contribution in [-0.4, -0.2) is 14.9 Å². The van der Waals surface area contributed by atoms with Crippen molar-refractivity contribution in [1.29, 1.82) is 0 Å². The van der Waals surface area contributed by atoms with Crippen LogP contribution in [0.2, 0.25) is 0 Å². The van der Waals surface area contributed by atoms with E-state index in [-0.39, 0.29) is 11.5 Å². The van der Waals surface area contributed by atoms with Crippen LogP contribution >= 0.6 is 11.3 Å². The molecule has 0 spiro atoms. The molecule has 2 aromatic heterocycles. The molecule has 72 valence electrons. The highest BCUT2D eigenvalue weighted by atomic mass is 32.1. The largest absolute Gasteiger partial charge is 0.378 e. The van der Waals surface area contributed by atoms with E-state index in [0.717, 1.165) is 5.01 Å². The lowest BCUT2D eigenvalue weighted by Gasteiger charge is -1.94. The van der Waals surface area contributed by atoms with Crippen molar-refractivity contribution in [2.45, 2.75) is 6.92 Å². The summed E-state index contributed by atoms with van der Waals surface area (Å²) in [5.41, 5.74) is 5.71. The number of thiazole rings is 1. The van der Waals surface area contributed by atoms with Crippen molar-refractivity contribution in [3.63, 3.8) is 0 Å². The molecule has 0 aromatic carbocycles. The Balaban J connectivity index is 2.76. The minimum Gasteiger partial charge on any atom is -0.378 e. The Bertz CT molecular complexity index is 522. The molecule has 0 amide bonds. The van der Waals surface area contributed by atoms with Gasteiger partial charge in [0.2, 0.25) is 5.82 Å². The summed E-state index contributed by atoms with van der Waals surface area (Å²) in [7, 11) is 0. The molecule has 0 saturated heterocycles. The molecule has 0 bridgehead atoms. The lowest BCUT2D eigenvalue weighted by molar-refractivity contribution is -0.384. The van der Waals surface area contributed by atoms with Crippen molar-refractivity contribution < 1.29 is 4.92 Å². The first kappa shape index (κ1) is 8.82.